The fraction of sp³-hybridized carbons (Fsp3) is 0.258. The molecule has 0 atom stereocenters. The molecule has 0 spiro atoms. The quantitative estimate of drug-likeness (QED) is 0.237. The third-order valence-corrected chi connectivity index (χ3v) is 8.09. The molecular formula is C31H32N4O4S. The Morgan fingerprint density at radius 3 is 2.40 bits per heavy atom. The number of morpholine rings is 1. The van der Waals surface area contributed by atoms with Crippen LogP contribution < -0.4 is 5.32 Å². The lowest BCUT2D eigenvalue weighted by atomic mass is 10.0. The first-order valence-corrected chi connectivity index (χ1v) is 14.2. The fourth-order valence-corrected chi connectivity index (χ4v) is 5.70. The summed E-state index contributed by atoms with van der Waals surface area (Å²) in [5, 5.41) is 14.1. The number of nitrogens with one attached hydrogen (secondary N) is 1. The van der Waals surface area contributed by atoms with Crippen LogP contribution in [0.25, 0.3) is 22.0 Å². The molecule has 1 amide bonds. The van der Waals surface area contributed by atoms with Crippen LogP contribution >= 0.6 is 11.9 Å². The summed E-state index contributed by atoms with van der Waals surface area (Å²) < 4.78 is 7.75. The first-order chi connectivity index (χ1) is 19.5. The van der Waals surface area contributed by atoms with E-state index in [1.54, 1.807) is 35.0 Å². The van der Waals surface area contributed by atoms with Gasteiger partial charge in [0.1, 0.15) is 0 Å². The molecule has 40 heavy (non-hydrogen) atoms. The summed E-state index contributed by atoms with van der Waals surface area (Å²) in [6.45, 7) is 8.18. The van der Waals surface area contributed by atoms with Crippen LogP contribution in [-0.2, 0) is 4.74 Å². The van der Waals surface area contributed by atoms with Crippen LogP contribution in [-0.4, -0.2) is 70.6 Å². The number of nitrogens with zero attached hydrogens (tertiary/aromatic N) is 3. The molecule has 1 aliphatic heterocycles. The summed E-state index contributed by atoms with van der Waals surface area (Å²) in [6, 6.07) is 20.6. The predicted molar refractivity (Wildman–Crippen MR) is 159 cm³/mol. The van der Waals surface area contributed by atoms with Gasteiger partial charge in [0.15, 0.2) is 0 Å². The van der Waals surface area contributed by atoms with Gasteiger partial charge in [0.2, 0.25) is 0 Å². The molecule has 1 saturated heterocycles. The van der Waals surface area contributed by atoms with Crippen molar-refractivity contribution >= 4 is 46.1 Å². The van der Waals surface area contributed by atoms with Gasteiger partial charge in [0.05, 0.1) is 40.6 Å². The number of carbonyl (C=O) groups is 2. The lowest BCUT2D eigenvalue weighted by Crippen LogP contribution is -2.31. The molecule has 2 heterocycles. The van der Waals surface area contributed by atoms with E-state index in [0.29, 0.717) is 37.6 Å². The van der Waals surface area contributed by atoms with Crippen molar-refractivity contribution in [3.63, 3.8) is 0 Å². The number of benzene rings is 3. The Hall–Kier alpha value is -3.92. The second-order valence-electron chi connectivity index (χ2n) is 9.39. The molecule has 1 aliphatic rings. The molecule has 8 nitrogen and oxygen atoms in total. The van der Waals surface area contributed by atoms with Gasteiger partial charge in [0, 0.05) is 43.3 Å². The van der Waals surface area contributed by atoms with Crippen molar-refractivity contribution < 1.29 is 19.4 Å². The van der Waals surface area contributed by atoms with Gasteiger partial charge in [-0.2, -0.15) is 0 Å². The second kappa shape index (κ2) is 12.5. The lowest BCUT2D eigenvalue weighted by Gasteiger charge is -2.26. The molecule has 2 N–H and O–H groups in total. The molecular weight excluding hydrogens is 524 g/mol. The highest BCUT2D eigenvalue weighted by atomic mass is 32.2. The van der Waals surface area contributed by atoms with Crippen molar-refractivity contribution in [2.45, 2.75) is 18.7 Å². The van der Waals surface area contributed by atoms with Crippen LogP contribution in [0.3, 0.4) is 0 Å². The first-order valence-electron chi connectivity index (χ1n) is 13.4. The normalized spacial score (nSPS) is 13.8. The third-order valence-electron chi connectivity index (χ3n) is 6.96. The SMILES string of the molecule is CCN(CC)C(=O)c1ccc(-c2ccc3ncc(SN4CCOCC4)c(Nc4ccccc4C(=O)O)c3c2)cc1. The summed E-state index contributed by atoms with van der Waals surface area (Å²) in [7, 11) is 0. The Bertz CT molecular complexity index is 1520. The molecule has 1 fully saturated rings. The number of anilines is 2. The van der Waals surface area contributed by atoms with Gasteiger partial charge in [-0.05, 0) is 73.3 Å². The summed E-state index contributed by atoms with van der Waals surface area (Å²) in [6.07, 6.45) is 1.83. The number of carbonyl (C=O) groups excluding carboxylic acids is 1. The highest BCUT2D eigenvalue weighted by Gasteiger charge is 2.19. The molecule has 206 valence electrons. The smallest absolute Gasteiger partial charge is 0.337 e. The molecule has 1 aromatic heterocycles. The van der Waals surface area contributed by atoms with Crippen molar-refractivity contribution in [2.75, 3.05) is 44.7 Å². The van der Waals surface area contributed by atoms with Crippen molar-refractivity contribution in [1.82, 2.24) is 14.2 Å². The topological polar surface area (TPSA) is 95.0 Å². The number of hydrogen-bond acceptors (Lipinski definition) is 7. The molecule has 3 aromatic carbocycles. The van der Waals surface area contributed by atoms with Crippen LogP contribution in [0.1, 0.15) is 34.6 Å². The highest BCUT2D eigenvalue weighted by Crippen LogP contribution is 2.39. The van der Waals surface area contributed by atoms with Gasteiger partial charge in [0.25, 0.3) is 5.91 Å². The van der Waals surface area contributed by atoms with Crippen molar-refractivity contribution in [1.29, 1.82) is 0 Å². The van der Waals surface area contributed by atoms with Gasteiger partial charge >= 0.3 is 5.97 Å². The van der Waals surface area contributed by atoms with Crippen molar-refractivity contribution in [3.05, 3.63) is 84.1 Å². The maximum atomic E-state index is 12.8. The number of fused-ring (bicyclic) bond motifs is 1. The number of hydrogen-bond donors (Lipinski definition) is 2. The minimum absolute atomic E-state index is 0.0209. The van der Waals surface area contributed by atoms with E-state index in [0.717, 1.165) is 45.7 Å². The average Bonchev–Trinajstić information content (AvgIpc) is 2.99. The number of rotatable bonds is 9. The molecule has 0 saturated carbocycles. The minimum atomic E-state index is -0.996. The van der Waals surface area contributed by atoms with Crippen LogP contribution in [0.4, 0.5) is 11.4 Å². The summed E-state index contributed by atoms with van der Waals surface area (Å²) in [5.74, 6) is -0.975. The zero-order valence-electron chi connectivity index (χ0n) is 22.6. The number of carboxylic acid groups (broad SMARTS) is 1. The first kappa shape index (κ1) is 27.6. The number of para-hydroxylation sites is 1. The van der Waals surface area contributed by atoms with Crippen molar-refractivity contribution in [3.8, 4) is 11.1 Å². The van der Waals surface area contributed by atoms with Gasteiger partial charge in [-0.25, -0.2) is 9.10 Å². The number of aromatic carboxylic acids is 1. The van der Waals surface area contributed by atoms with Crippen LogP contribution in [0, 0.1) is 0 Å². The Kier molecular flexibility index (Phi) is 8.64. The summed E-state index contributed by atoms with van der Waals surface area (Å²) in [4.78, 5) is 32.2. The minimum Gasteiger partial charge on any atom is -0.478 e. The van der Waals surface area contributed by atoms with Crippen LogP contribution in [0.15, 0.2) is 77.8 Å². The van der Waals surface area contributed by atoms with Crippen molar-refractivity contribution in [2.24, 2.45) is 0 Å². The van der Waals surface area contributed by atoms with Gasteiger partial charge in [-0.3, -0.25) is 9.78 Å². The maximum Gasteiger partial charge on any atom is 0.337 e. The number of aromatic nitrogens is 1. The number of carboxylic acids is 1. The standard InChI is InChI=1S/C31H32N4O4S/c1-3-34(4-2)30(36)22-11-9-21(10-12-22)23-13-14-26-25(19-23)29(33-27-8-6-5-7-24(27)31(37)38)28(20-32-26)40-35-15-17-39-18-16-35/h5-14,19-20H,3-4,15-18H2,1-2H3,(H,32,33)(H,37,38). The Labute approximate surface area is 238 Å². The number of pyridine rings is 1. The van der Waals surface area contributed by atoms with E-state index in [1.165, 1.54) is 0 Å². The highest BCUT2D eigenvalue weighted by molar-refractivity contribution is 7.97. The van der Waals surface area contributed by atoms with Gasteiger partial charge in [-0.1, -0.05) is 30.3 Å². The molecule has 0 radical (unpaired) electrons. The van der Waals surface area contributed by atoms with E-state index < -0.39 is 5.97 Å². The molecule has 4 aromatic rings. The van der Waals surface area contributed by atoms with E-state index in [2.05, 4.69) is 15.7 Å². The Morgan fingerprint density at radius 1 is 1.00 bits per heavy atom. The Balaban J connectivity index is 1.56. The maximum absolute atomic E-state index is 12.8. The van der Waals surface area contributed by atoms with E-state index in [4.69, 9.17) is 9.72 Å². The fourth-order valence-electron chi connectivity index (χ4n) is 4.74. The van der Waals surface area contributed by atoms with Gasteiger partial charge in [-0.15, -0.1) is 0 Å². The van der Waals surface area contributed by atoms with E-state index >= 15 is 0 Å². The summed E-state index contributed by atoms with van der Waals surface area (Å²) in [5.41, 5.74) is 4.89. The van der Waals surface area contributed by atoms with Gasteiger partial charge < -0.3 is 20.1 Å². The van der Waals surface area contributed by atoms with E-state index in [1.807, 2.05) is 62.5 Å². The summed E-state index contributed by atoms with van der Waals surface area (Å²) >= 11 is 1.59. The van der Waals surface area contributed by atoms with E-state index in [9.17, 15) is 14.7 Å². The zero-order chi connectivity index (χ0) is 28.1. The number of amides is 1. The Morgan fingerprint density at radius 2 is 1.70 bits per heavy atom. The molecule has 0 unspecified atom stereocenters. The zero-order valence-corrected chi connectivity index (χ0v) is 23.4. The molecule has 5 rings (SSSR count). The number of ether oxygens (including phenoxy) is 1. The molecule has 0 aliphatic carbocycles. The third kappa shape index (κ3) is 5.96. The average molecular weight is 557 g/mol. The predicted octanol–water partition coefficient (Wildman–Crippen LogP) is 6.16. The van der Waals surface area contributed by atoms with E-state index in [-0.39, 0.29) is 11.5 Å². The second-order valence-corrected chi connectivity index (χ2v) is 10.5. The molecule has 0 bridgehead atoms. The lowest BCUT2D eigenvalue weighted by molar-refractivity contribution is 0.0697. The van der Waals surface area contributed by atoms with Crippen LogP contribution in [0.2, 0.25) is 0 Å². The largest absolute Gasteiger partial charge is 0.478 e. The monoisotopic (exact) mass is 556 g/mol. The van der Waals surface area contributed by atoms with Crippen LogP contribution in [0.5, 0.6) is 0 Å². The molecule has 9 heteroatoms.